The summed E-state index contributed by atoms with van der Waals surface area (Å²) in [5.74, 6) is -0.952. The summed E-state index contributed by atoms with van der Waals surface area (Å²) < 4.78 is 0. The zero-order chi connectivity index (χ0) is 18.5. The van der Waals surface area contributed by atoms with E-state index in [1.54, 1.807) is 24.3 Å². The second kappa shape index (κ2) is 7.80. The molecule has 0 unspecified atom stereocenters. The molecule has 5 nitrogen and oxygen atoms in total. The van der Waals surface area contributed by atoms with Crippen molar-refractivity contribution in [1.82, 2.24) is 15.8 Å². The number of aromatic nitrogens is 1. The first-order chi connectivity index (χ1) is 12.5. The monoisotopic (exact) mass is 365 g/mol. The maximum absolute atomic E-state index is 12.1. The zero-order valence-electron chi connectivity index (χ0n) is 14.0. The average molecular weight is 366 g/mol. The van der Waals surface area contributed by atoms with Crippen molar-refractivity contribution in [2.75, 3.05) is 0 Å². The lowest BCUT2D eigenvalue weighted by Crippen LogP contribution is -2.41. The molecule has 2 amide bonds. The molecule has 1 aromatic heterocycles. The molecule has 6 heteroatoms. The molecule has 2 aromatic carbocycles. The molecule has 1 heterocycles. The van der Waals surface area contributed by atoms with E-state index < -0.39 is 11.8 Å². The Labute approximate surface area is 155 Å². The number of hydrazine groups is 1. The highest BCUT2D eigenvalue weighted by atomic mass is 35.5. The Balaban J connectivity index is 1.60. The number of amides is 2. The van der Waals surface area contributed by atoms with Crippen LogP contribution in [-0.4, -0.2) is 16.8 Å². The molecule has 0 radical (unpaired) electrons. The molecule has 0 fully saturated rings. The maximum Gasteiger partial charge on any atom is 0.288 e. The number of para-hydroxylation sites is 1. The van der Waals surface area contributed by atoms with Gasteiger partial charge in [-0.3, -0.25) is 20.4 Å². The molecule has 26 heavy (non-hydrogen) atoms. The van der Waals surface area contributed by atoms with E-state index in [1.807, 2.05) is 43.3 Å². The molecular formula is C20H16ClN3O2. The molecule has 0 saturated heterocycles. The van der Waals surface area contributed by atoms with Crippen molar-refractivity contribution in [2.24, 2.45) is 0 Å². The first-order valence-corrected chi connectivity index (χ1v) is 8.31. The van der Waals surface area contributed by atoms with E-state index >= 15 is 0 Å². The lowest BCUT2D eigenvalue weighted by atomic mass is 10.1. The lowest BCUT2D eigenvalue weighted by Gasteiger charge is -2.06. The Kier molecular flexibility index (Phi) is 5.29. The zero-order valence-corrected chi connectivity index (χ0v) is 14.7. The molecular weight excluding hydrogens is 350 g/mol. The Bertz CT molecular complexity index is 1010. The van der Waals surface area contributed by atoms with Crippen LogP contribution in [0.5, 0.6) is 0 Å². The fourth-order valence-electron chi connectivity index (χ4n) is 2.30. The van der Waals surface area contributed by atoms with Gasteiger partial charge in [0.1, 0.15) is 5.69 Å². The van der Waals surface area contributed by atoms with E-state index in [4.69, 9.17) is 11.6 Å². The fraction of sp³-hybridized carbons (Fsp3) is 0.0500. The van der Waals surface area contributed by atoms with Gasteiger partial charge >= 0.3 is 0 Å². The largest absolute Gasteiger partial charge is 0.288 e. The van der Waals surface area contributed by atoms with Gasteiger partial charge in [-0.2, -0.15) is 0 Å². The molecule has 130 valence electrons. The van der Waals surface area contributed by atoms with Gasteiger partial charge in [-0.25, -0.2) is 4.98 Å². The Morgan fingerprint density at radius 3 is 2.65 bits per heavy atom. The summed E-state index contributed by atoms with van der Waals surface area (Å²) in [6, 6.07) is 16.4. The van der Waals surface area contributed by atoms with E-state index in [0.717, 1.165) is 16.5 Å². The van der Waals surface area contributed by atoms with Gasteiger partial charge in [0.2, 0.25) is 0 Å². The molecule has 0 atom stereocenters. The average Bonchev–Trinajstić information content (AvgIpc) is 2.66. The van der Waals surface area contributed by atoms with Crippen LogP contribution < -0.4 is 10.9 Å². The molecule has 3 rings (SSSR count). The predicted octanol–water partition coefficient (Wildman–Crippen LogP) is 3.67. The first kappa shape index (κ1) is 17.6. The van der Waals surface area contributed by atoms with Crippen LogP contribution >= 0.6 is 11.6 Å². The minimum absolute atomic E-state index is 0.221. The van der Waals surface area contributed by atoms with E-state index in [1.165, 1.54) is 6.08 Å². The summed E-state index contributed by atoms with van der Waals surface area (Å²) in [6.45, 7) is 1.90. The lowest BCUT2D eigenvalue weighted by molar-refractivity contribution is -0.117. The molecule has 0 saturated carbocycles. The quantitative estimate of drug-likeness (QED) is 0.549. The van der Waals surface area contributed by atoms with E-state index in [0.29, 0.717) is 10.5 Å². The number of nitrogens with one attached hydrogen (secondary N) is 2. The molecule has 0 bridgehead atoms. The summed E-state index contributed by atoms with van der Waals surface area (Å²) in [6.07, 6.45) is 2.93. The van der Waals surface area contributed by atoms with Gasteiger partial charge in [0.25, 0.3) is 11.8 Å². The molecule has 3 aromatic rings. The Morgan fingerprint density at radius 2 is 1.85 bits per heavy atom. The van der Waals surface area contributed by atoms with E-state index in [2.05, 4.69) is 15.8 Å². The van der Waals surface area contributed by atoms with Crippen LogP contribution in [0.4, 0.5) is 0 Å². The van der Waals surface area contributed by atoms with Crippen LogP contribution in [0.1, 0.15) is 21.6 Å². The number of benzene rings is 2. The summed E-state index contributed by atoms with van der Waals surface area (Å²) in [7, 11) is 0. The maximum atomic E-state index is 12.1. The minimum Gasteiger partial charge on any atom is -0.268 e. The van der Waals surface area contributed by atoms with Gasteiger partial charge in [-0.15, -0.1) is 0 Å². The van der Waals surface area contributed by atoms with Crippen LogP contribution in [-0.2, 0) is 4.79 Å². The fourth-order valence-corrected chi connectivity index (χ4v) is 2.49. The van der Waals surface area contributed by atoms with Crippen molar-refractivity contribution in [1.29, 1.82) is 0 Å². The Hall–Kier alpha value is -3.18. The standard InChI is InChI=1S/C20H16ClN3O2/c1-13-6-7-14(12-16(13)21)8-11-19(25)23-24-20(26)18-10-9-15-4-2-3-5-17(15)22-18/h2-12H,1H3,(H,23,25)(H,24,26)/b11-8+. The van der Waals surface area contributed by atoms with Gasteiger partial charge in [0.15, 0.2) is 0 Å². The van der Waals surface area contributed by atoms with Gasteiger partial charge in [0.05, 0.1) is 5.52 Å². The van der Waals surface area contributed by atoms with Gasteiger partial charge in [-0.05, 0) is 42.3 Å². The van der Waals surface area contributed by atoms with Crippen LogP contribution in [0.2, 0.25) is 5.02 Å². The van der Waals surface area contributed by atoms with Gasteiger partial charge in [0, 0.05) is 16.5 Å². The van der Waals surface area contributed by atoms with E-state index in [-0.39, 0.29) is 5.69 Å². The number of carbonyl (C=O) groups excluding carboxylic acids is 2. The second-order valence-corrected chi connectivity index (χ2v) is 6.08. The highest BCUT2D eigenvalue weighted by molar-refractivity contribution is 6.31. The number of halogens is 1. The predicted molar refractivity (Wildman–Crippen MR) is 103 cm³/mol. The number of rotatable bonds is 3. The van der Waals surface area contributed by atoms with Crippen molar-refractivity contribution in [3.8, 4) is 0 Å². The van der Waals surface area contributed by atoms with Crippen molar-refractivity contribution in [3.05, 3.63) is 82.5 Å². The van der Waals surface area contributed by atoms with Crippen LogP contribution in [0, 0.1) is 6.92 Å². The number of fused-ring (bicyclic) bond motifs is 1. The number of hydrogen-bond acceptors (Lipinski definition) is 3. The van der Waals surface area contributed by atoms with Gasteiger partial charge in [-0.1, -0.05) is 48.0 Å². The highest BCUT2D eigenvalue weighted by Crippen LogP contribution is 2.17. The molecule has 0 aliphatic carbocycles. The van der Waals surface area contributed by atoms with Crippen molar-refractivity contribution >= 4 is 40.4 Å². The minimum atomic E-state index is -0.490. The molecule has 0 aliphatic heterocycles. The van der Waals surface area contributed by atoms with Crippen molar-refractivity contribution < 1.29 is 9.59 Å². The summed E-state index contributed by atoms with van der Waals surface area (Å²) >= 11 is 6.04. The topological polar surface area (TPSA) is 71.1 Å². The number of pyridine rings is 1. The molecule has 0 spiro atoms. The third kappa shape index (κ3) is 4.26. The molecule has 0 aliphatic rings. The Morgan fingerprint density at radius 1 is 1.04 bits per heavy atom. The smallest absolute Gasteiger partial charge is 0.268 e. The summed E-state index contributed by atoms with van der Waals surface area (Å²) in [4.78, 5) is 28.2. The van der Waals surface area contributed by atoms with Crippen LogP contribution in [0.25, 0.3) is 17.0 Å². The number of aryl methyl sites for hydroxylation is 1. The highest BCUT2D eigenvalue weighted by Gasteiger charge is 2.08. The normalized spacial score (nSPS) is 10.8. The SMILES string of the molecule is Cc1ccc(/C=C/C(=O)NNC(=O)c2ccc3ccccc3n2)cc1Cl. The van der Waals surface area contributed by atoms with E-state index in [9.17, 15) is 9.59 Å². The van der Waals surface area contributed by atoms with Crippen LogP contribution in [0.15, 0.2) is 60.7 Å². The number of carbonyl (C=O) groups is 2. The second-order valence-electron chi connectivity index (χ2n) is 5.67. The third-order valence-corrected chi connectivity index (χ3v) is 4.16. The van der Waals surface area contributed by atoms with Gasteiger partial charge < -0.3 is 0 Å². The van der Waals surface area contributed by atoms with Crippen molar-refractivity contribution in [2.45, 2.75) is 6.92 Å². The number of nitrogens with zero attached hydrogens (tertiary/aromatic N) is 1. The number of hydrogen-bond donors (Lipinski definition) is 2. The van der Waals surface area contributed by atoms with Crippen LogP contribution in [0.3, 0.4) is 0 Å². The first-order valence-electron chi connectivity index (χ1n) is 7.93. The van der Waals surface area contributed by atoms with Crippen molar-refractivity contribution in [3.63, 3.8) is 0 Å². The molecule has 2 N–H and O–H groups in total. The summed E-state index contributed by atoms with van der Waals surface area (Å²) in [5, 5.41) is 1.57. The third-order valence-electron chi connectivity index (χ3n) is 3.75. The summed E-state index contributed by atoms with van der Waals surface area (Å²) in [5.41, 5.74) is 7.35.